The molecule has 0 radical (unpaired) electrons. The molecule has 1 aromatic heterocycles. The zero-order valence-electron chi connectivity index (χ0n) is 25.5. The number of amides is 3. The van der Waals surface area contributed by atoms with Gasteiger partial charge < -0.3 is 35.0 Å². The minimum Gasteiger partial charge on any atom is -0.497 e. The average molecular weight is 648 g/mol. The Hall–Kier alpha value is -5.27. The lowest BCUT2D eigenvalue weighted by atomic mass is 10.2. The van der Waals surface area contributed by atoms with Gasteiger partial charge in [-0.1, -0.05) is 23.7 Å². The molecule has 4 aromatic rings. The predicted molar refractivity (Wildman–Crippen MR) is 176 cm³/mol. The molecule has 240 valence electrons. The van der Waals surface area contributed by atoms with E-state index in [-0.39, 0.29) is 40.0 Å². The van der Waals surface area contributed by atoms with Crippen molar-refractivity contribution in [3.63, 3.8) is 0 Å². The first-order valence-corrected chi connectivity index (χ1v) is 14.8. The van der Waals surface area contributed by atoms with Crippen molar-refractivity contribution < 1.29 is 29.0 Å². The van der Waals surface area contributed by atoms with Crippen molar-refractivity contribution in [2.24, 2.45) is 0 Å². The van der Waals surface area contributed by atoms with E-state index in [4.69, 9.17) is 21.1 Å². The lowest BCUT2D eigenvalue weighted by Crippen LogP contribution is -2.44. The number of nitrogens with one attached hydrogen (secondary N) is 3. The van der Waals surface area contributed by atoms with Crippen LogP contribution in [0, 0.1) is 0 Å². The zero-order valence-corrected chi connectivity index (χ0v) is 26.3. The lowest BCUT2D eigenvalue weighted by Gasteiger charge is -2.34. The summed E-state index contributed by atoms with van der Waals surface area (Å²) in [5.74, 6) is 0.179. The maximum atomic E-state index is 13.7. The summed E-state index contributed by atoms with van der Waals surface area (Å²) in [6.07, 6.45) is -1.26. The fourth-order valence-corrected chi connectivity index (χ4v) is 5.25. The molecule has 0 bridgehead atoms. The summed E-state index contributed by atoms with van der Waals surface area (Å²) < 4.78 is 11.9. The lowest BCUT2D eigenvalue weighted by molar-refractivity contribution is 0.101. The summed E-state index contributed by atoms with van der Waals surface area (Å²) in [6, 6.07) is 18.5. The van der Waals surface area contributed by atoms with E-state index in [1.54, 1.807) is 43.5 Å². The molecule has 14 heteroatoms. The number of halogens is 1. The predicted octanol–water partition coefficient (Wildman–Crippen LogP) is 4.95. The van der Waals surface area contributed by atoms with Crippen molar-refractivity contribution in [1.82, 2.24) is 14.7 Å². The Morgan fingerprint density at radius 1 is 0.848 bits per heavy atom. The van der Waals surface area contributed by atoms with Crippen LogP contribution < -0.4 is 30.3 Å². The number of methoxy groups -OCH3 is 2. The van der Waals surface area contributed by atoms with Crippen molar-refractivity contribution in [2.45, 2.75) is 6.54 Å². The number of carbonyl (C=O) groups excluding carboxylic acids is 2. The van der Waals surface area contributed by atoms with E-state index in [0.717, 1.165) is 37.4 Å². The molecule has 0 atom stereocenters. The van der Waals surface area contributed by atoms with E-state index < -0.39 is 17.9 Å². The second-order valence-electron chi connectivity index (χ2n) is 10.6. The number of aromatic nitrogens is 2. The largest absolute Gasteiger partial charge is 0.497 e. The SMILES string of the molecule is COc1ccc(Cn2nc(NC(=O)c3ccc(OC)c(Cl)c3)cc2C(=O)Nc2ccc(N3CCN(C)CC3)cc2NC(=O)O)cc1. The Morgan fingerprint density at radius 3 is 2.24 bits per heavy atom. The van der Waals surface area contributed by atoms with Gasteiger partial charge in [0.15, 0.2) is 5.82 Å². The van der Waals surface area contributed by atoms with Gasteiger partial charge in [-0.2, -0.15) is 5.10 Å². The Kier molecular flexibility index (Phi) is 9.94. The topological polar surface area (TPSA) is 150 Å². The van der Waals surface area contributed by atoms with Gasteiger partial charge in [-0.3, -0.25) is 19.6 Å². The van der Waals surface area contributed by atoms with Gasteiger partial charge in [0.2, 0.25) is 0 Å². The first kappa shape index (κ1) is 32.1. The van der Waals surface area contributed by atoms with E-state index in [0.29, 0.717) is 11.5 Å². The van der Waals surface area contributed by atoms with Crippen molar-refractivity contribution in [3.8, 4) is 11.5 Å². The highest BCUT2D eigenvalue weighted by molar-refractivity contribution is 6.32. The first-order valence-electron chi connectivity index (χ1n) is 14.4. The smallest absolute Gasteiger partial charge is 0.409 e. The highest BCUT2D eigenvalue weighted by Gasteiger charge is 2.21. The number of carboxylic acid groups (broad SMARTS) is 1. The fourth-order valence-electron chi connectivity index (χ4n) is 4.99. The molecule has 0 saturated carbocycles. The number of carbonyl (C=O) groups is 3. The van der Waals surface area contributed by atoms with Crippen LogP contribution in [0.15, 0.2) is 66.7 Å². The molecule has 3 aromatic carbocycles. The van der Waals surface area contributed by atoms with Crippen LogP contribution in [0.3, 0.4) is 0 Å². The second-order valence-corrected chi connectivity index (χ2v) is 11.0. The molecule has 1 aliphatic rings. The van der Waals surface area contributed by atoms with Crippen LogP contribution in [0.5, 0.6) is 11.5 Å². The maximum Gasteiger partial charge on any atom is 0.409 e. The highest BCUT2D eigenvalue weighted by atomic mass is 35.5. The van der Waals surface area contributed by atoms with Crippen molar-refractivity contribution >= 4 is 52.4 Å². The van der Waals surface area contributed by atoms with Gasteiger partial charge in [0.1, 0.15) is 17.2 Å². The van der Waals surface area contributed by atoms with Crippen LogP contribution in [0.1, 0.15) is 26.4 Å². The number of nitrogens with zero attached hydrogens (tertiary/aromatic N) is 4. The van der Waals surface area contributed by atoms with Gasteiger partial charge >= 0.3 is 6.09 Å². The van der Waals surface area contributed by atoms with Crippen LogP contribution in [-0.4, -0.2) is 85.1 Å². The van der Waals surface area contributed by atoms with Gasteiger partial charge in [0.25, 0.3) is 11.8 Å². The molecule has 0 unspecified atom stereocenters. The van der Waals surface area contributed by atoms with E-state index >= 15 is 0 Å². The summed E-state index contributed by atoms with van der Waals surface area (Å²) in [7, 11) is 5.10. The molecule has 1 saturated heterocycles. The van der Waals surface area contributed by atoms with Crippen LogP contribution in [0.25, 0.3) is 0 Å². The van der Waals surface area contributed by atoms with Gasteiger partial charge in [-0.05, 0) is 61.1 Å². The molecule has 5 rings (SSSR count). The fraction of sp³-hybridized carbons (Fsp3) is 0.250. The normalized spacial score (nSPS) is 13.2. The monoisotopic (exact) mass is 647 g/mol. The molecular weight excluding hydrogens is 614 g/mol. The van der Waals surface area contributed by atoms with Gasteiger partial charge in [-0.25, -0.2) is 4.79 Å². The van der Waals surface area contributed by atoms with Crippen molar-refractivity contribution in [1.29, 1.82) is 0 Å². The van der Waals surface area contributed by atoms with Gasteiger partial charge in [0.05, 0.1) is 37.2 Å². The number of rotatable bonds is 10. The van der Waals surface area contributed by atoms with Crippen LogP contribution in [0.4, 0.5) is 27.7 Å². The Morgan fingerprint density at radius 2 is 1.59 bits per heavy atom. The van der Waals surface area contributed by atoms with Crippen LogP contribution in [-0.2, 0) is 6.54 Å². The van der Waals surface area contributed by atoms with E-state index in [2.05, 4.69) is 37.9 Å². The summed E-state index contributed by atoms with van der Waals surface area (Å²) in [5.41, 5.74) is 2.55. The molecular formula is C32H34ClN7O6. The first-order chi connectivity index (χ1) is 22.1. The number of likely N-dealkylation sites (N-methyl/N-ethyl adjacent to an activating group) is 1. The third kappa shape index (κ3) is 7.68. The molecule has 0 aliphatic carbocycles. The average Bonchev–Trinajstić information content (AvgIpc) is 3.44. The third-order valence-electron chi connectivity index (χ3n) is 7.52. The minimum atomic E-state index is -1.26. The second kappa shape index (κ2) is 14.2. The Labute approximate surface area is 270 Å². The Balaban J connectivity index is 1.43. The molecule has 4 N–H and O–H groups in total. The summed E-state index contributed by atoms with van der Waals surface area (Å²) in [6.45, 7) is 3.53. The number of piperazine rings is 1. The summed E-state index contributed by atoms with van der Waals surface area (Å²) in [4.78, 5) is 42.9. The zero-order chi connectivity index (χ0) is 32.8. The molecule has 13 nitrogen and oxygen atoms in total. The van der Waals surface area contributed by atoms with Crippen LogP contribution in [0.2, 0.25) is 5.02 Å². The van der Waals surface area contributed by atoms with Gasteiger partial charge in [0, 0.05) is 43.5 Å². The molecule has 1 aliphatic heterocycles. The number of ether oxygens (including phenoxy) is 2. The van der Waals surface area contributed by atoms with E-state index in [1.807, 2.05) is 18.2 Å². The highest BCUT2D eigenvalue weighted by Crippen LogP contribution is 2.30. The summed E-state index contributed by atoms with van der Waals surface area (Å²) in [5, 5.41) is 22.2. The van der Waals surface area contributed by atoms with Crippen molar-refractivity contribution in [3.05, 3.63) is 88.6 Å². The number of anilines is 4. The molecule has 2 heterocycles. The molecule has 1 fully saturated rings. The van der Waals surface area contributed by atoms with Crippen molar-refractivity contribution in [2.75, 3.05) is 68.3 Å². The number of hydrogen-bond donors (Lipinski definition) is 4. The Bertz CT molecular complexity index is 1740. The quantitative estimate of drug-likeness (QED) is 0.187. The maximum absolute atomic E-state index is 13.7. The van der Waals surface area contributed by atoms with E-state index in [9.17, 15) is 19.5 Å². The molecule has 0 spiro atoms. The minimum absolute atomic E-state index is 0.128. The van der Waals surface area contributed by atoms with E-state index in [1.165, 1.54) is 23.9 Å². The molecule has 3 amide bonds. The standard InChI is InChI=1S/C32H34ClN7O6/c1-38-12-14-39(15-13-38)22-7-10-25(26(17-22)35-32(43)44)34-31(42)27-18-29(36-30(41)21-6-11-28(46-3)24(33)16-21)37-40(27)19-20-4-8-23(45-2)9-5-20/h4-11,16-18,35H,12-15,19H2,1-3H3,(H,34,42)(H,43,44)(H,36,37,41). The number of hydrogen-bond acceptors (Lipinski definition) is 8. The summed E-state index contributed by atoms with van der Waals surface area (Å²) >= 11 is 6.21. The number of benzene rings is 3. The van der Waals surface area contributed by atoms with Gasteiger partial charge in [-0.15, -0.1) is 0 Å². The third-order valence-corrected chi connectivity index (χ3v) is 7.82. The molecule has 46 heavy (non-hydrogen) atoms. The van der Waals surface area contributed by atoms with Crippen LogP contribution >= 0.6 is 11.6 Å².